The molecule has 2 rings (SSSR count). The van der Waals surface area contributed by atoms with Crippen molar-refractivity contribution in [3.8, 4) is 28.8 Å². The molecule has 2 aromatic rings. The average molecular weight is 343 g/mol. The van der Waals surface area contributed by atoms with Gasteiger partial charge in [0.15, 0.2) is 6.61 Å². The molecule has 0 saturated carbocycles. The van der Waals surface area contributed by atoms with Crippen LogP contribution in [-0.2, 0) is 0 Å². The quantitative estimate of drug-likeness (QED) is 0.834. The molecule has 0 aliphatic rings. The highest BCUT2D eigenvalue weighted by molar-refractivity contribution is 6.33. The molecule has 0 saturated heterocycles. The van der Waals surface area contributed by atoms with E-state index < -0.39 is 12.8 Å². The molecule has 1 heterocycles. The van der Waals surface area contributed by atoms with Gasteiger partial charge in [-0.25, -0.2) is 4.98 Å². The highest BCUT2D eigenvalue weighted by atomic mass is 35.5. The lowest BCUT2D eigenvalue weighted by Gasteiger charge is -2.15. The first-order valence-corrected chi connectivity index (χ1v) is 6.66. The number of benzene rings is 1. The van der Waals surface area contributed by atoms with Crippen molar-refractivity contribution in [2.24, 2.45) is 0 Å². The Morgan fingerprint density at radius 1 is 1.35 bits per heavy atom. The molecule has 23 heavy (non-hydrogen) atoms. The molecule has 0 aliphatic carbocycles. The van der Waals surface area contributed by atoms with Gasteiger partial charge < -0.3 is 9.47 Å². The van der Waals surface area contributed by atoms with Crippen LogP contribution in [-0.4, -0.2) is 24.9 Å². The summed E-state index contributed by atoms with van der Waals surface area (Å²) >= 11 is 6.11. The molecule has 0 unspecified atom stereocenters. The maximum absolute atomic E-state index is 12.4. The third-order valence-corrected chi connectivity index (χ3v) is 3.16. The predicted octanol–water partition coefficient (Wildman–Crippen LogP) is 4.22. The lowest BCUT2D eigenvalue weighted by molar-refractivity contribution is -0.153. The van der Waals surface area contributed by atoms with E-state index in [2.05, 4.69) is 4.98 Å². The van der Waals surface area contributed by atoms with Gasteiger partial charge in [-0.15, -0.1) is 0 Å². The summed E-state index contributed by atoms with van der Waals surface area (Å²) in [4.78, 5) is 3.83. The Labute approximate surface area is 135 Å². The van der Waals surface area contributed by atoms with Crippen LogP contribution in [0.4, 0.5) is 13.2 Å². The first-order valence-electron chi connectivity index (χ1n) is 6.28. The van der Waals surface area contributed by atoms with E-state index in [9.17, 15) is 18.4 Å². The lowest BCUT2D eigenvalue weighted by Crippen LogP contribution is -2.19. The number of rotatable bonds is 4. The van der Waals surface area contributed by atoms with E-state index in [1.165, 1.54) is 25.3 Å². The predicted molar refractivity (Wildman–Crippen MR) is 77.5 cm³/mol. The minimum Gasteiger partial charge on any atom is -0.482 e. The summed E-state index contributed by atoms with van der Waals surface area (Å²) in [5.41, 5.74) is 0.653. The van der Waals surface area contributed by atoms with Gasteiger partial charge in [0.05, 0.1) is 24.9 Å². The molecule has 0 N–H and O–H groups in total. The van der Waals surface area contributed by atoms with Crippen LogP contribution >= 0.6 is 11.6 Å². The van der Waals surface area contributed by atoms with Crippen LogP contribution in [0.3, 0.4) is 0 Å². The summed E-state index contributed by atoms with van der Waals surface area (Å²) < 4.78 is 47.0. The molecule has 0 aliphatic heterocycles. The summed E-state index contributed by atoms with van der Waals surface area (Å²) in [5.74, 6) is 0.0101. The number of alkyl halides is 3. The third-order valence-electron chi connectivity index (χ3n) is 2.85. The normalized spacial score (nSPS) is 11.0. The molecule has 1 aromatic carbocycles. The first-order chi connectivity index (χ1) is 10.9. The van der Waals surface area contributed by atoms with Crippen LogP contribution in [0.15, 0.2) is 30.5 Å². The van der Waals surface area contributed by atoms with Crippen molar-refractivity contribution < 1.29 is 22.6 Å². The molecule has 8 heteroatoms. The number of hydrogen-bond acceptors (Lipinski definition) is 4. The maximum Gasteiger partial charge on any atom is 0.422 e. The molecule has 120 valence electrons. The van der Waals surface area contributed by atoms with E-state index in [0.717, 1.165) is 6.20 Å². The number of aromatic nitrogens is 1. The highest BCUT2D eigenvalue weighted by Gasteiger charge is 2.29. The fourth-order valence-corrected chi connectivity index (χ4v) is 2.17. The van der Waals surface area contributed by atoms with Gasteiger partial charge in [-0.1, -0.05) is 17.7 Å². The molecule has 4 nitrogen and oxygen atoms in total. The molecule has 1 aromatic heterocycles. The first kappa shape index (κ1) is 16.9. The number of nitriles is 1. The van der Waals surface area contributed by atoms with Gasteiger partial charge in [0.2, 0.25) is 5.88 Å². The molecular weight excluding hydrogens is 333 g/mol. The number of halogens is 4. The van der Waals surface area contributed by atoms with Gasteiger partial charge in [-0.05, 0) is 12.1 Å². The standard InChI is InChI=1S/C15H10ClF3N2O2/c1-22-13-5-10(12(7-21-13)23-8-15(17,18)19)14-9(6-20)3-2-4-11(14)16/h2-5,7H,8H2,1H3. The molecule has 0 bridgehead atoms. The smallest absolute Gasteiger partial charge is 0.422 e. The number of ether oxygens (including phenoxy) is 2. The van der Waals surface area contributed by atoms with Crippen molar-refractivity contribution in [1.29, 1.82) is 5.26 Å². The van der Waals surface area contributed by atoms with Gasteiger partial charge in [0.1, 0.15) is 5.75 Å². The number of nitrogens with zero attached hydrogens (tertiary/aromatic N) is 2. The van der Waals surface area contributed by atoms with Crippen LogP contribution in [0, 0.1) is 11.3 Å². The minimum absolute atomic E-state index is 0.146. The lowest BCUT2D eigenvalue weighted by atomic mass is 10.0. The Morgan fingerprint density at radius 3 is 2.70 bits per heavy atom. The minimum atomic E-state index is -4.50. The van der Waals surface area contributed by atoms with Crippen LogP contribution in [0.5, 0.6) is 11.6 Å². The molecule has 0 atom stereocenters. The molecular formula is C15H10ClF3N2O2. The van der Waals surface area contributed by atoms with Crippen LogP contribution in [0.25, 0.3) is 11.1 Å². The van der Waals surface area contributed by atoms with E-state index in [4.69, 9.17) is 21.1 Å². The van der Waals surface area contributed by atoms with Crippen molar-refractivity contribution in [2.75, 3.05) is 13.7 Å². The van der Waals surface area contributed by atoms with E-state index in [-0.39, 0.29) is 33.3 Å². The zero-order valence-corrected chi connectivity index (χ0v) is 12.6. The largest absolute Gasteiger partial charge is 0.482 e. The molecule has 0 amide bonds. The maximum atomic E-state index is 12.4. The van der Waals surface area contributed by atoms with Crippen molar-refractivity contribution in [2.45, 2.75) is 6.18 Å². The summed E-state index contributed by atoms with van der Waals surface area (Å²) in [6.07, 6.45) is -3.40. The fourth-order valence-electron chi connectivity index (χ4n) is 1.90. The van der Waals surface area contributed by atoms with Crippen molar-refractivity contribution in [3.63, 3.8) is 0 Å². The third kappa shape index (κ3) is 4.05. The topological polar surface area (TPSA) is 55.1 Å². The second kappa shape index (κ2) is 6.75. The Balaban J connectivity index is 2.58. The van der Waals surface area contributed by atoms with Crippen LogP contribution < -0.4 is 9.47 Å². The monoisotopic (exact) mass is 342 g/mol. The second-order valence-corrected chi connectivity index (χ2v) is 4.81. The van der Waals surface area contributed by atoms with Gasteiger partial charge in [0, 0.05) is 22.2 Å². The van der Waals surface area contributed by atoms with E-state index in [0.29, 0.717) is 0 Å². The molecule has 0 radical (unpaired) electrons. The van der Waals surface area contributed by atoms with Gasteiger partial charge in [0.25, 0.3) is 0 Å². The summed E-state index contributed by atoms with van der Waals surface area (Å²) in [7, 11) is 1.36. The van der Waals surface area contributed by atoms with Crippen molar-refractivity contribution >= 4 is 11.6 Å². The Kier molecular flexibility index (Phi) is 4.96. The number of methoxy groups -OCH3 is 1. The second-order valence-electron chi connectivity index (χ2n) is 4.40. The van der Waals surface area contributed by atoms with Crippen LogP contribution in [0.1, 0.15) is 5.56 Å². The van der Waals surface area contributed by atoms with Crippen molar-refractivity contribution in [1.82, 2.24) is 4.98 Å². The number of hydrogen-bond donors (Lipinski definition) is 0. The Bertz CT molecular complexity index is 757. The van der Waals surface area contributed by atoms with Gasteiger partial charge in [-0.3, -0.25) is 0 Å². The average Bonchev–Trinajstić information content (AvgIpc) is 2.51. The van der Waals surface area contributed by atoms with E-state index >= 15 is 0 Å². The fraction of sp³-hybridized carbons (Fsp3) is 0.200. The SMILES string of the molecule is COc1cc(-c2c(Cl)cccc2C#N)c(OCC(F)(F)F)cn1. The Morgan fingerprint density at radius 2 is 2.09 bits per heavy atom. The van der Waals surface area contributed by atoms with E-state index in [1.54, 1.807) is 6.07 Å². The summed E-state index contributed by atoms with van der Waals surface area (Å²) in [6.45, 7) is -1.49. The number of pyridine rings is 1. The molecule has 0 fully saturated rings. The molecule has 0 spiro atoms. The van der Waals surface area contributed by atoms with Gasteiger partial charge >= 0.3 is 6.18 Å². The zero-order chi connectivity index (χ0) is 17.0. The Hall–Kier alpha value is -2.46. The zero-order valence-electron chi connectivity index (χ0n) is 11.8. The summed E-state index contributed by atoms with van der Waals surface area (Å²) in [5, 5.41) is 9.41. The van der Waals surface area contributed by atoms with Crippen LogP contribution in [0.2, 0.25) is 5.02 Å². The van der Waals surface area contributed by atoms with E-state index in [1.807, 2.05) is 6.07 Å². The summed E-state index contributed by atoms with van der Waals surface area (Å²) in [6, 6.07) is 7.91. The van der Waals surface area contributed by atoms with Gasteiger partial charge in [-0.2, -0.15) is 18.4 Å². The van der Waals surface area contributed by atoms with Crippen molar-refractivity contribution in [3.05, 3.63) is 41.0 Å². The highest BCUT2D eigenvalue weighted by Crippen LogP contribution is 2.39.